The van der Waals surface area contributed by atoms with E-state index in [1.807, 2.05) is 0 Å². The molecule has 126 valence electrons. The summed E-state index contributed by atoms with van der Waals surface area (Å²) < 4.78 is 69.9. The van der Waals surface area contributed by atoms with E-state index in [0.717, 1.165) is 0 Å². The fourth-order valence-electron chi connectivity index (χ4n) is 2.84. The van der Waals surface area contributed by atoms with E-state index in [1.54, 1.807) is 6.07 Å². The molecule has 1 fully saturated rings. The van der Waals surface area contributed by atoms with E-state index in [-0.39, 0.29) is 18.1 Å². The highest BCUT2D eigenvalue weighted by atomic mass is 19.1. The molecule has 0 bridgehead atoms. The van der Waals surface area contributed by atoms with E-state index in [0.29, 0.717) is 24.3 Å². The first-order valence-corrected chi connectivity index (χ1v) is 7.75. The van der Waals surface area contributed by atoms with E-state index in [1.165, 1.54) is 36.4 Å². The molecule has 2 heterocycles. The van der Waals surface area contributed by atoms with Crippen LogP contribution < -0.4 is 19.5 Å². The molecule has 2 aromatic carbocycles. The van der Waals surface area contributed by atoms with Gasteiger partial charge in [0.2, 0.25) is 6.75 Å². The van der Waals surface area contributed by atoms with E-state index >= 15 is 0 Å². The van der Waals surface area contributed by atoms with Gasteiger partial charge in [-0.05, 0) is 48.7 Å². The Morgan fingerprint density at radius 1 is 1.21 bits per heavy atom. The molecule has 2 aliphatic rings. The molecule has 24 heavy (non-hydrogen) atoms. The summed E-state index contributed by atoms with van der Waals surface area (Å²) in [5, 5.41) is 2.80. The largest absolute Gasteiger partial charge is 0.493 e. The van der Waals surface area contributed by atoms with Crippen molar-refractivity contribution in [2.75, 3.05) is 26.4 Å². The van der Waals surface area contributed by atoms with Crippen molar-refractivity contribution in [3.05, 3.63) is 53.8 Å². The molecule has 4 nitrogen and oxygen atoms in total. The lowest BCUT2D eigenvalue weighted by atomic mass is 9.81. The summed E-state index contributed by atoms with van der Waals surface area (Å²) in [7, 11) is 0. The van der Waals surface area contributed by atoms with Gasteiger partial charge in [0.25, 0.3) is 0 Å². The zero-order chi connectivity index (χ0) is 20.9. The average Bonchev–Trinajstić information content (AvgIpc) is 2.94. The van der Waals surface area contributed by atoms with Crippen LogP contribution in [-0.2, 0) is 0 Å². The SMILES string of the molecule is [2H]C1([2H])Oc2ccc(OC[C@@H]3C([2H])([2H])NCCC3([2H])c3ccc(F)cc3)cc2O1. The summed E-state index contributed by atoms with van der Waals surface area (Å²) in [5.41, 5.74) is 0.525. The lowest BCUT2D eigenvalue weighted by Gasteiger charge is -2.32. The topological polar surface area (TPSA) is 39.7 Å². The van der Waals surface area contributed by atoms with Gasteiger partial charge in [0, 0.05) is 22.6 Å². The highest BCUT2D eigenvalue weighted by Crippen LogP contribution is 2.36. The van der Waals surface area contributed by atoms with Crippen molar-refractivity contribution in [1.29, 1.82) is 0 Å². The highest BCUT2D eigenvalue weighted by Gasteiger charge is 2.27. The molecule has 1 N–H and O–H groups in total. The van der Waals surface area contributed by atoms with Gasteiger partial charge < -0.3 is 19.5 Å². The second-order valence-electron chi connectivity index (χ2n) is 5.61. The average molecular weight is 334 g/mol. The highest BCUT2D eigenvalue weighted by molar-refractivity contribution is 5.46. The zero-order valence-corrected chi connectivity index (χ0v) is 12.8. The summed E-state index contributed by atoms with van der Waals surface area (Å²) in [6.07, 6.45) is 0.341. The van der Waals surface area contributed by atoms with Crippen LogP contribution in [0.3, 0.4) is 0 Å². The van der Waals surface area contributed by atoms with Crippen LogP contribution in [0.1, 0.15) is 24.7 Å². The summed E-state index contributed by atoms with van der Waals surface area (Å²) in [6.45, 7) is -3.93. The summed E-state index contributed by atoms with van der Waals surface area (Å²) in [4.78, 5) is 0. The molecule has 2 aliphatic heterocycles. The summed E-state index contributed by atoms with van der Waals surface area (Å²) >= 11 is 0. The van der Waals surface area contributed by atoms with Gasteiger partial charge in [-0.25, -0.2) is 4.39 Å². The first-order chi connectivity index (χ1) is 13.6. The van der Waals surface area contributed by atoms with E-state index in [9.17, 15) is 4.39 Å². The third-order valence-electron chi connectivity index (χ3n) is 4.07. The Balaban J connectivity index is 1.57. The summed E-state index contributed by atoms with van der Waals surface area (Å²) in [6, 6.07) is 10.1. The van der Waals surface area contributed by atoms with E-state index in [2.05, 4.69) is 5.32 Å². The van der Waals surface area contributed by atoms with Crippen LogP contribution in [0.4, 0.5) is 4.39 Å². The monoisotopic (exact) mass is 334 g/mol. The van der Waals surface area contributed by atoms with Crippen LogP contribution in [0.25, 0.3) is 0 Å². The van der Waals surface area contributed by atoms with Crippen molar-refractivity contribution in [3.63, 3.8) is 0 Å². The maximum absolute atomic E-state index is 13.3. The second-order valence-corrected chi connectivity index (χ2v) is 5.61. The summed E-state index contributed by atoms with van der Waals surface area (Å²) in [5.74, 6) is -1.83. The van der Waals surface area contributed by atoms with Crippen molar-refractivity contribution in [3.8, 4) is 17.2 Å². The molecule has 0 aliphatic carbocycles. The minimum absolute atomic E-state index is 0.118. The first-order valence-electron chi connectivity index (χ1n) is 10.3. The van der Waals surface area contributed by atoms with Gasteiger partial charge in [-0.2, -0.15) is 0 Å². The Morgan fingerprint density at radius 2 is 2.04 bits per heavy atom. The molecule has 1 unspecified atom stereocenters. The molecule has 5 heteroatoms. The minimum Gasteiger partial charge on any atom is -0.493 e. The van der Waals surface area contributed by atoms with E-state index in [4.69, 9.17) is 21.1 Å². The number of fused-ring (bicyclic) bond motifs is 1. The Labute approximate surface area is 147 Å². The van der Waals surface area contributed by atoms with E-state index < -0.39 is 30.9 Å². The van der Waals surface area contributed by atoms with Gasteiger partial charge in [-0.3, -0.25) is 0 Å². The molecule has 1 saturated heterocycles. The molecule has 0 spiro atoms. The number of hydrogen-bond donors (Lipinski definition) is 1. The minimum atomic E-state index is -2.25. The van der Waals surface area contributed by atoms with Crippen molar-refractivity contribution in [2.24, 2.45) is 5.92 Å². The first kappa shape index (κ1) is 10.6. The predicted octanol–water partition coefficient (Wildman–Crippen LogP) is 3.33. The van der Waals surface area contributed by atoms with Gasteiger partial charge in [0.1, 0.15) is 14.3 Å². The van der Waals surface area contributed by atoms with Gasteiger partial charge >= 0.3 is 0 Å². The van der Waals surface area contributed by atoms with Crippen LogP contribution in [-0.4, -0.2) is 26.4 Å². The lowest BCUT2D eigenvalue weighted by molar-refractivity contribution is 0.173. The third kappa shape index (κ3) is 3.17. The normalized spacial score (nSPS) is 32.7. The third-order valence-corrected chi connectivity index (χ3v) is 4.07. The number of rotatable bonds is 4. The van der Waals surface area contributed by atoms with Gasteiger partial charge in [-0.15, -0.1) is 0 Å². The number of piperidine rings is 1. The fourth-order valence-corrected chi connectivity index (χ4v) is 2.84. The van der Waals surface area contributed by atoms with Gasteiger partial charge in [-0.1, -0.05) is 12.1 Å². The van der Waals surface area contributed by atoms with Crippen molar-refractivity contribution >= 4 is 0 Å². The molecule has 2 aromatic rings. The Morgan fingerprint density at radius 3 is 2.92 bits per heavy atom. The molecule has 0 saturated carbocycles. The van der Waals surface area contributed by atoms with Crippen LogP contribution in [0.2, 0.25) is 0 Å². The van der Waals surface area contributed by atoms with Crippen molar-refractivity contribution in [2.45, 2.75) is 12.3 Å². The standard InChI is InChI=1S/C19H20FNO3/c20-15-3-1-13(2-4-15)17-7-8-21-10-14(17)11-22-16-5-6-18-19(9-16)24-12-23-18/h1-6,9,14,17,21H,7-8,10-12H2/t14-,17?/m0/s1/i10D2,12D2,17D. The van der Waals surface area contributed by atoms with Crippen LogP contribution in [0, 0.1) is 11.7 Å². The Hall–Kier alpha value is -2.27. The smallest absolute Gasteiger partial charge is 0.231 e. The maximum atomic E-state index is 13.3. The predicted molar refractivity (Wildman–Crippen MR) is 88.2 cm³/mol. The number of benzene rings is 2. The molecular formula is C19H20FNO3. The van der Waals surface area contributed by atoms with Crippen LogP contribution in [0.5, 0.6) is 17.2 Å². The van der Waals surface area contributed by atoms with Crippen LogP contribution in [0.15, 0.2) is 42.5 Å². The fraction of sp³-hybridized carbons (Fsp3) is 0.368. The quantitative estimate of drug-likeness (QED) is 0.931. The van der Waals surface area contributed by atoms with Crippen molar-refractivity contribution in [1.82, 2.24) is 5.32 Å². The molecular weight excluding hydrogens is 309 g/mol. The number of nitrogens with one attached hydrogen (secondary N) is 1. The number of halogens is 1. The second kappa shape index (κ2) is 6.69. The Bertz CT molecular complexity index is 911. The number of ether oxygens (including phenoxy) is 3. The molecule has 0 radical (unpaired) electrons. The lowest BCUT2D eigenvalue weighted by Crippen LogP contribution is -2.38. The molecule has 4 rings (SSSR count). The molecule has 2 atom stereocenters. The molecule has 0 aromatic heterocycles. The van der Waals surface area contributed by atoms with Gasteiger partial charge in [0.05, 0.1) is 6.61 Å². The number of hydrogen-bond acceptors (Lipinski definition) is 4. The molecule has 0 amide bonds. The Kier molecular flexibility index (Phi) is 2.95. The zero-order valence-electron chi connectivity index (χ0n) is 17.8. The van der Waals surface area contributed by atoms with Crippen LogP contribution >= 0.6 is 0 Å². The van der Waals surface area contributed by atoms with Gasteiger partial charge in [0.15, 0.2) is 11.5 Å². The van der Waals surface area contributed by atoms with Crippen molar-refractivity contribution < 1.29 is 25.5 Å². The maximum Gasteiger partial charge on any atom is 0.231 e.